The van der Waals surface area contributed by atoms with Gasteiger partial charge in [-0.05, 0) is 26.7 Å². The summed E-state index contributed by atoms with van der Waals surface area (Å²) in [4.78, 5) is 48.6. The van der Waals surface area contributed by atoms with Gasteiger partial charge in [0.15, 0.2) is 6.61 Å². The molecule has 7 nitrogen and oxygen atoms in total. The molecule has 1 fully saturated rings. The molecular weight excluding hydrogens is 300 g/mol. The van der Waals surface area contributed by atoms with Crippen LogP contribution >= 0.6 is 0 Å². The average molecular weight is 322 g/mol. The van der Waals surface area contributed by atoms with Crippen molar-refractivity contribution in [2.75, 3.05) is 13.2 Å². The molecular formula is C16H22N2O5. The summed E-state index contributed by atoms with van der Waals surface area (Å²) in [5, 5.41) is 2.60. The van der Waals surface area contributed by atoms with Gasteiger partial charge in [-0.3, -0.25) is 24.1 Å². The van der Waals surface area contributed by atoms with Crippen molar-refractivity contribution in [3.8, 4) is 0 Å². The first-order chi connectivity index (χ1) is 10.9. The van der Waals surface area contributed by atoms with Gasteiger partial charge in [0.25, 0.3) is 5.91 Å². The van der Waals surface area contributed by atoms with Gasteiger partial charge in [-0.1, -0.05) is 12.2 Å². The summed E-state index contributed by atoms with van der Waals surface area (Å²) >= 11 is 0. The molecule has 0 spiro atoms. The van der Waals surface area contributed by atoms with Crippen molar-refractivity contribution < 1.29 is 23.9 Å². The van der Waals surface area contributed by atoms with E-state index in [9.17, 15) is 19.2 Å². The Morgan fingerprint density at radius 1 is 1.22 bits per heavy atom. The number of rotatable bonds is 6. The molecule has 3 amide bonds. The van der Waals surface area contributed by atoms with Crippen molar-refractivity contribution in [2.24, 2.45) is 11.8 Å². The zero-order chi connectivity index (χ0) is 17.0. The van der Waals surface area contributed by atoms with Gasteiger partial charge in [0.1, 0.15) is 0 Å². The fourth-order valence-electron chi connectivity index (χ4n) is 2.87. The normalized spacial score (nSPS) is 23.2. The number of esters is 1. The van der Waals surface area contributed by atoms with Crippen LogP contribution in [0.1, 0.15) is 33.1 Å². The summed E-state index contributed by atoms with van der Waals surface area (Å²) in [7, 11) is 0. The summed E-state index contributed by atoms with van der Waals surface area (Å²) in [5.74, 6) is -1.98. The number of amides is 3. The number of likely N-dealkylation sites (tertiary alicyclic amines) is 1. The highest BCUT2D eigenvalue weighted by Crippen LogP contribution is 2.34. The van der Waals surface area contributed by atoms with Crippen molar-refractivity contribution >= 4 is 23.7 Å². The Bertz CT molecular complexity index is 515. The van der Waals surface area contributed by atoms with Gasteiger partial charge in [0.05, 0.1) is 18.3 Å². The van der Waals surface area contributed by atoms with Crippen LogP contribution in [0.3, 0.4) is 0 Å². The van der Waals surface area contributed by atoms with Crippen LogP contribution in [-0.2, 0) is 23.9 Å². The van der Waals surface area contributed by atoms with Crippen molar-refractivity contribution in [3.05, 3.63) is 12.2 Å². The van der Waals surface area contributed by atoms with E-state index in [1.54, 1.807) is 13.8 Å². The van der Waals surface area contributed by atoms with E-state index in [1.807, 2.05) is 12.2 Å². The Morgan fingerprint density at radius 3 is 2.30 bits per heavy atom. The summed E-state index contributed by atoms with van der Waals surface area (Å²) in [5.41, 5.74) is 0. The SMILES string of the molecule is CC(C)NC(=O)COC(=O)CCN1C(=O)[C@@H]2CC=CC[C@H]2C1=O. The number of hydrogen-bond donors (Lipinski definition) is 1. The molecule has 0 saturated carbocycles. The van der Waals surface area contributed by atoms with E-state index in [2.05, 4.69) is 5.32 Å². The third-order valence-corrected chi connectivity index (χ3v) is 3.95. The Kier molecular flexibility index (Phi) is 5.52. The lowest BCUT2D eigenvalue weighted by molar-refractivity contribution is -0.150. The van der Waals surface area contributed by atoms with Crippen molar-refractivity contribution in [2.45, 2.75) is 39.2 Å². The second-order valence-corrected chi connectivity index (χ2v) is 6.12. The van der Waals surface area contributed by atoms with Gasteiger partial charge >= 0.3 is 5.97 Å². The van der Waals surface area contributed by atoms with Gasteiger partial charge in [-0.15, -0.1) is 0 Å². The van der Waals surface area contributed by atoms with E-state index in [0.717, 1.165) is 4.90 Å². The maximum Gasteiger partial charge on any atom is 0.308 e. The monoisotopic (exact) mass is 322 g/mol. The lowest BCUT2D eigenvalue weighted by Gasteiger charge is -2.14. The van der Waals surface area contributed by atoms with Crippen LogP contribution < -0.4 is 5.32 Å². The Hall–Kier alpha value is -2.18. The van der Waals surface area contributed by atoms with E-state index in [-0.39, 0.29) is 55.2 Å². The highest BCUT2D eigenvalue weighted by Gasteiger charge is 2.46. The number of hydrogen-bond acceptors (Lipinski definition) is 5. The fourth-order valence-corrected chi connectivity index (χ4v) is 2.87. The van der Waals surface area contributed by atoms with Crippen LogP contribution in [0.5, 0.6) is 0 Å². The molecule has 0 aromatic heterocycles. The number of nitrogens with one attached hydrogen (secondary N) is 1. The minimum absolute atomic E-state index is 0.00923. The van der Waals surface area contributed by atoms with Gasteiger partial charge in [0.2, 0.25) is 11.8 Å². The third-order valence-electron chi connectivity index (χ3n) is 3.95. The highest BCUT2D eigenvalue weighted by molar-refractivity contribution is 6.05. The Labute approximate surface area is 135 Å². The second kappa shape index (κ2) is 7.39. The molecule has 1 heterocycles. The molecule has 0 unspecified atom stereocenters. The van der Waals surface area contributed by atoms with Gasteiger partial charge < -0.3 is 10.1 Å². The molecule has 0 aromatic rings. The number of fused-ring (bicyclic) bond motifs is 1. The van der Waals surface area contributed by atoms with Crippen LogP contribution in [0.2, 0.25) is 0 Å². The molecule has 2 aliphatic rings. The molecule has 1 aliphatic heterocycles. The van der Waals surface area contributed by atoms with Gasteiger partial charge in [0, 0.05) is 12.6 Å². The Morgan fingerprint density at radius 2 is 1.78 bits per heavy atom. The van der Waals surface area contributed by atoms with Gasteiger partial charge in [-0.2, -0.15) is 0 Å². The van der Waals surface area contributed by atoms with Crippen molar-refractivity contribution in [3.63, 3.8) is 0 Å². The van der Waals surface area contributed by atoms with E-state index in [1.165, 1.54) is 0 Å². The number of ether oxygens (including phenoxy) is 1. The van der Waals surface area contributed by atoms with Crippen LogP contribution in [0.4, 0.5) is 0 Å². The first-order valence-corrected chi connectivity index (χ1v) is 7.85. The third kappa shape index (κ3) is 4.18. The molecule has 126 valence electrons. The van der Waals surface area contributed by atoms with Crippen LogP contribution in [-0.4, -0.2) is 47.8 Å². The first-order valence-electron chi connectivity index (χ1n) is 7.85. The Balaban J connectivity index is 1.77. The van der Waals surface area contributed by atoms with Crippen LogP contribution in [0.25, 0.3) is 0 Å². The molecule has 0 aromatic carbocycles. The zero-order valence-electron chi connectivity index (χ0n) is 13.4. The van der Waals surface area contributed by atoms with E-state index >= 15 is 0 Å². The maximum absolute atomic E-state index is 12.2. The quantitative estimate of drug-likeness (QED) is 0.434. The van der Waals surface area contributed by atoms with Crippen LogP contribution in [0.15, 0.2) is 12.2 Å². The van der Waals surface area contributed by atoms with Crippen molar-refractivity contribution in [1.82, 2.24) is 10.2 Å². The molecule has 1 N–H and O–H groups in total. The summed E-state index contributed by atoms with van der Waals surface area (Å²) in [6.07, 6.45) is 4.88. The number of allylic oxidation sites excluding steroid dienone is 2. The molecule has 2 rings (SSSR count). The largest absolute Gasteiger partial charge is 0.456 e. The predicted octanol–water partition coefficient (Wildman–Crippen LogP) is 0.395. The molecule has 1 saturated heterocycles. The van der Waals surface area contributed by atoms with E-state index in [0.29, 0.717) is 12.8 Å². The standard InChI is InChI=1S/C16H22N2O5/c1-10(2)17-13(19)9-23-14(20)7-8-18-15(21)11-5-3-4-6-12(11)16(18)22/h3-4,10-12H,5-9H2,1-2H3,(H,17,19)/t11-,12-/m1/s1. The first kappa shape index (κ1) is 17.2. The summed E-state index contributed by atoms with van der Waals surface area (Å²) < 4.78 is 4.84. The molecule has 23 heavy (non-hydrogen) atoms. The van der Waals surface area contributed by atoms with Gasteiger partial charge in [-0.25, -0.2) is 0 Å². The number of carbonyl (C=O) groups is 4. The van der Waals surface area contributed by atoms with Crippen LogP contribution in [0, 0.1) is 11.8 Å². The lowest BCUT2D eigenvalue weighted by atomic mass is 9.85. The number of nitrogens with zero attached hydrogens (tertiary/aromatic N) is 1. The molecule has 0 radical (unpaired) electrons. The van der Waals surface area contributed by atoms with E-state index < -0.39 is 5.97 Å². The number of imide groups is 1. The number of carbonyl (C=O) groups excluding carboxylic acids is 4. The molecule has 2 atom stereocenters. The topological polar surface area (TPSA) is 92.8 Å². The highest BCUT2D eigenvalue weighted by atomic mass is 16.5. The maximum atomic E-state index is 12.2. The second-order valence-electron chi connectivity index (χ2n) is 6.12. The van der Waals surface area contributed by atoms with E-state index in [4.69, 9.17) is 4.74 Å². The minimum atomic E-state index is -0.600. The zero-order valence-corrected chi connectivity index (χ0v) is 13.4. The smallest absolute Gasteiger partial charge is 0.308 e. The predicted molar refractivity (Wildman–Crippen MR) is 80.9 cm³/mol. The fraction of sp³-hybridized carbons (Fsp3) is 0.625. The average Bonchev–Trinajstić information content (AvgIpc) is 2.75. The molecule has 0 bridgehead atoms. The minimum Gasteiger partial charge on any atom is -0.456 e. The summed E-state index contributed by atoms with van der Waals surface area (Å²) in [6.45, 7) is 3.26. The molecule has 1 aliphatic carbocycles. The van der Waals surface area contributed by atoms with Crippen molar-refractivity contribution in [1.29, 1.82) is 0 Å². The lowest BCUT2D eigenvalue weighted by Crippen LogP contribution is -2.35. The molecule has 7 heteroatoms. The summed E-state index contributed by atoms with van der Waals surface area (Å²) in [6, 6.07) is -0.0296.